The van der Waals surface area contributed by atoms with Gasteiger partial charge in [-0.25, -0.2) is 4.79 Å². The van der Waals surface area contributed by atoms with Gasteiger partial charge in [0.1, 0.15) is 6.10 Å². The largest absolute Gasteiger partial charge is 0.506 e. The second-order valence-electron chi connectivity index (χ2n) is 3.92. The molecule has 0 fully saturated rings. The molecule has 102 valence electrons. The van der Waals surface area contributed by atoms with Gasteiger partial charge in [-0.05, 0) is 12.8 Å². The summed E-state index contributed by atoms with van der Waals surface area (Å²) in [4.78, 5) is 10.5. The minimum atomic E-state index is -1.24. The van der Waals surface area contributed by atoms with Crippen LogP contribution in [-0.2, 0) is 14.2 Å². The molecule has 0 radical (unpaired) electrons. The van der Waals surface area contributed by atoms with Gasteiger partial charge in [0.2, 0.25) is 0 Å². The Kier molecular flexibility index (Phi) is 11.1. The summed E-state index contributed by atoms with van der Waals surface area (Å²) in [5, 5.41) is 8.59. The number of carboxylic acid groups (broad SMARTS) is 1. The molecule has 0 aliphatic heterocycles. The van der Waals surface area contributed by atoms with Crippen molar-refractivity contribution in [2.75, 3.05) is 26.9 Å². The van der Waals surface area contributed by atoms with E-state index in [0.29, 0.717) is 19.8 Å². The smallest absolute Gasteiger partial charge is 0.450 e. The van der Waals surface area contributed by atoms with Crippen molar-refractivity contribution in [1.82, 2.24) is 0 Å². The summed E-state index contributed by atoms with van der Waals surface area (Å²) in [5.74, 6) is 0. The zero-order chi connectivity index (χ0) is 12.9. The summed E-state index contributed by atoms with van der Waals surface area (Å²) >= 11 is 0. The molecule has 5 heteroatoms. The summed E-state index contributed by atoms with van der Waals surface area (Å²) < 4.78 is 14.9. The fourth-order valence-corrected chi connectivity index (χ4v) is 1.47. The monoisotopic (exact) mass is 248 g/mol. The van der Waals surface area contributed by atoms with E-state index in [0.717, 1.165) is 25.7 Å². The summed E-state index contributed by atoms with van der Waals surface area (Å²) in [6.07, 6.45) is 3.54. The van der Waals surface area contributed by atoms with E-state index >= 15 is 0 Å². The van der Waals surface area contributed by atoms with E-state index < -0.39 is 6.16 Å². The Hall–Kier alpha value is -0.810. The summed E-state index contributed by atoms with van der Waals surface area (Å²) in [6, 6.07) is 0. The molecule has 1 unspecified atom stereocenters. The molecule has 0 spiro atoms. The van der Waals surface area contributed by atoms with Crippen LogP contribution in [0.3, 0.4) is 0 Å². The highest BCUT2D eigenvalue weighted by Crippen LogP contribution is 2.09. The molecule has 0 amide bonds. The average Bonchev–Trinajstić information content (AvgIpc) is 2.29. The Morgan fingerprint density at radius 2 is 2.00 bits per heavy atom. The van der Waals surface area contributed by atoms with Crippen molar-refractivity contribution in [3.05, 3.63) is 0 Å². The van der Waals surface area contributed by atoms with Crippen LogP contribution in [0.25, 0.3) is 0 Å². The van der Waals surface area contributed by atoms with Gasteiger partial charge in [-0.15, -0.1) is 0 Å². The normalized spacial score (nSPS) is 12.4. The van der Waals surface area contributed by atoms with E-state index in [1.165, 1.54) is 6.42 Å². The highest BCUT2D eigenvalue weighted by Gasteiger charge is 2.13. The van der Waals surface area contributed by atoms with Crippen LogP contribution >= 0.6 is 0 Å². The van der Waals surface area contributed by atoms with Crippen molar-refractivity contribution >= 4 is 6.16 Å². The van der Waals surface area contributed by atoms with Crippen molar-refractivity contribution in [2.24, 2.45) is 0 Å². The fourth-order valence-electron chi connectivity index (χ4n) is 1.47. The SMILES string of the molecule is CCCCCCC(COCCOC)OC(=O)O. The van der Waals surface area contributed by atoms with Crippen LogP contribution in [0.2, 0.25) is 0 Å². The van der Waals surface area contributed by atoms with Crippen molar-refractivity contribution in [3.63, 3.8) is 0 Å². The maximum atomic E-state index is 10.5. The van der Waals surface area contributed by atoms with Crippen LogP contribution in [0.4, 0.5) is 4.79 Å². The third-order valence-corrected chi connectivity index (χ3v) is 2.38. The Bertz CT molecular complexity index is 172. The minimum Gasteiger partial charge on any atom is -0.450 e. The molecule has 17 heavy (non-hydrogen) atoms. The van der Waals surface area contributed by atoms with Crippen LogP contribution in [-0.4, -0.2) is 44.3 Å². The zero-order valence-electron chi connectivity index (χ0n) is 10.8. The van der Waals surface area contributed by atoms with E-state index in [2.05, 4.69) is 6.92 Å². The van der Waals surface area contributed by atoms with Crippen molar-refractivity contribution < 1.29 is 24.1 Å². The number of ether oxygens (including phenoxy) is 3. The first kappa shape index (κ1) is 16.2. The quantitative estimate of drug-likeness (QED) is 0.450. The highest BCUT2D eigenvalue weighted by molar-refractivity contribution is 5.57. The summed E-state index contributed by atoms with van der Waals surface area (Å²) in [6.45, 7) is 3.42. The van der Waals surface area contributed by atoms with E-state index in [4.69, 9.17) is 19.3 Å². The molecule has 1 atom stereocenters. The number of rotatable bonds is 11. The Balaban J connectivity index is 3.68. The molecular formula is C12H24O5. The summed E-state index contributed by atoms with van der Waals surface area (Å²) in [5.41, 5.74) is 0. The van der Waals surface area contributed by atoms with Crippen LogP contribution in [0.15, 0.2) is 0 Å². The maximum Gasteiger partial charge on any atom is 0.506 e. The van der Waals surface area contributed by atoms with E-state index in [9.17, 15) is 4.79 Å². The molecule has 0 rings (SSSR count). The number of unbranched alkanes of at least 4 members (excludes halogenated alkanes) is 3. The number of carbonyl (C=O) groups is 1. The number of hydrogen-bond acceptors (Lipinski definition) is 4. The van der Waals surface area contributed by atoms with Crippen LogP contribution < -0.4 is 0 Å². The second-order valence-corrected chi connectivity index (χ2v) is 3.92. The van der Waals surface area contributed by atoms with Gasteiger partial charge in [-0.1, -0.05) is 26.2 Å². The van der Waals surface area contributed by atoms with Crippen LogP contribution in [0.1, 0.15) is 39.0 Å². The molecule has 0 saturated carbocycles. The molecule has 1 N–H and O–H groups in total. The number of hydrogen-bond donors (Lipinski definition) is 1. The van der Waals surface area contributed by atoms with Gasteiger partial charge in [-0.3, -0.25) is 0 Å². The molecule has 0 bridgehead atoms. The van der Waals surface area contributed by atoms with Gasteiger partial charge < -0.3 is 19.3 Å². The van der Waals surface area contributed by atoms with Crippen molar-refractivity contribution in [1.29, 1.82) is 0 Å². The van der Waals surface area contributed by atoms with Gasteiger partial charge in [0.25, 0.3) is 0 Å². The second kappa shape index (κ2) is 11.7. The van der Waals surface area contributed by atoms with Gasteiger partial charge in [0.05, 0.1) is 19.8 Å². The van der Waals surface area contributed by atoms with E-state index in [-0.39, 0.29) is 6.10 Å². The number of methoxy groups -OCH3 is 1. The standard InChI is InChI=1S/C12H24O5/c1-3-4-5-6-7-11(17-12(13)14)10-16-9-8-15-2/h11H,3-10H2,1-2H3,(H,13,14). The van der Waals surface area contributed by atoms with Crippen molar-refractivity contribution in [2.45, 2.75) is 45.1 Å². The highest BCUT2D eigenvalue weighted by atomic mass is 16.7. The molecule has 0 saturated heterocycles. The van der Waals surface area contributed by atoms with Gasteiger partial charge in [0, 0.05) is 7.11 Å². The third-order valence-electron chi connectivity index (χ3n) is 2.38. The fraction of sp³-hybridized carbons (Fsp3) is 0.917. The topological polar surface area (TPSA) is 65.0 Å². The Morgan fingerprint density at radius 3 is 2.59 bits per heavy atom. The van der Waals surface area contributed by atoms with Crippen molar-refractivity contribution in [3.8, 4) is 0 Å². The average molecular weight is 248 g/mol. The lowest BCUT2D eigenvalue weighted by atomic mass is 10.1. The van der Waals surface area contributed by atoms with Gasteiger partial charge >= 0.3 is 6.16 Å². The molecule has 0 aromatic rings. The van der Waals surface area contributed by atoms with E-state index in [1.807, 2.05) is 0 Å². The Morgan fingerprint density at radius 1 is 1.24 bits per heavy atom. The van der Waals surface area contributed by atoms with Crippen LogP contribution in [0.5, 0.6) is 0 Å². The van der Waals surface area contributed by atoms with Gasteiger partial charge in [-0.2, -0.15) is 0 Å². The van der Waals surface area contributed by atoms with Crippen LogP contribution in [0, 0.1) is 0 Å². The Labute approximate surface area is 103 Å². The molecule has 5 nitrogen and oxygen atoms in total. The molecule has 0 heterocycles. The first-order chi connectivity index (χ1) is 8.20. The molecule has 0 aromatic heterocycles. The molecule has 0 aliphatic carbocycles. The lowest BCUT2D eigenvalue weighted by Crippen LogP contribution is -2.23. The first-order valence-electron chi connectivity index (χ1n) is 6.17. The van der Waals surface area contributed by atoms with Gasteiger partial charge in [0.15, 0.2) is 0 Å². The lowest BCUT2D eigenvalue weighted by Gasteiger charge is -2.15. The summed E-state index contributed by atoms with van der Waals surface area (Å²) in [7, 11) is 1.60. The first-order valence-corrected chi connectivity index (χ1v) is 6.17. The molecule has 0 aliphatic rings. The van der Waals surface area contributed by atoms with E-state index in [1.54, 1.807) is 7.11 Å². The maximum absolute atomic E-state index is 10.5. The predicted octanol–water partition coefficient (Wildman–Crippen LogP) is 2.68. The molecule has 0 aromatic carbocycles. The zero-order valence-corrected chi connectivity index (χ0v) is 10.8. The minimum absolute atomic E-state index is 0.307. The predicted molar refractivity (Wildman–Crippen MR) is 64.4 cm³/mol. The lowest BCUT2D eigenvalue weighted by molar-refractivity contribution is -0.0167. The molecular weight excluding hydrogens is 224 g/mol. The third kappa shape index (κ3) is 11.5.